The highest BCUT2D eigenvalue weighted by molar-refractivity contribution is 4.46. The SMILES string of the molecule is CCCNCCN=O. The van der Waals surface area contributed by atoms with Gasteiger partial charge in [0.15, 0.2) is 0 Å². The molecule has 0 aliphatic rings. The van der Waals surface area contributed by atoms with E-state index < -0.39 is 0 Å². The van der Waals surface area contributed by atoms with Gasteiger partial charge in [-0.25, -0.2) is 0 Å². The Bertz CT molecular complexity index is 56.4. The molecule has 1 N–H and O–H groups in total. The summed E-state index contributed by atoms with van der Waals surface area (Å²) in [6.07, 6.45) is 1.11. The molecule has 48 valence electrons. The van der Waals surface area contributed by atoms with E-state index >= 15 is 0 Å². The van der Waals surface area contributed by atoms with Gasteiger partial charge in [0, 0.05) is 6.54 Å². The van der Waals surface area contributed by atoms with Gasteiger partial charge in [-0.1, -0.05) is 12.1 Å². The lowest BCUT2D eigenvalue weighted by molar-refractivity contribution is 0.677. The van der Waals surface area contributed by atoms with Gasteiger partial charge >= 0.3 is 0 Å². The van der Waals surface area contributed by atoms with Crippen molar-refractivity contribution in [3.05, 3.63) is 4.91 Å². The highest BCUT2D eigenvalue weighted by Crippen LogP contribution is 1.69. The van der Waals surface area contributed by atoms with Crippen molar-refractivity contribution in [2.24, 2.45) is 5.18 Å². The second-order valence-corrected chi connectivity index (χ2v) is 1.60. The summed E-state index contributed by atoms with van der Waals surface area (Å²) in [6, 6.07) is 0. The monoisotopic (exact) mass is 116 g/mol. The van der Waals surface area contributed by atoms with E-state index in [4.69, 9.17) is 0 Å². The fraction of sp³-hybridized carbons (Fsp3) is 1.00. The largest absolute Gasteiger partial charge is 0.315 e. The maximum atomic E-state index is 9.48. The standard InChI is InChI=1S/C5H12N2O/c1-2-3-6-4-5-7-8/h6H,2-5H2,1H3. The molecule has 0 heterocycles. The zero-order valence-corrected chi connectivity index (χ0v) is 5.18. The van der Waals surface area contributed by atoms with E-state index in [2.05, 4.69) is 17.4 Å². The van der Waals surface area contributed by atoms with Crippen molar-refractivity contribution >= 4 is 0 Å². The van der Waals surface area contributed by atoms with E-state index in [0.29, 0.717) is 6.54 Å². The minimum atomic E-state index is 0.389. The van der Waals surface area contributed by atoms with Crippen LogP contribution in [0, 0.1) is 4.91 Å². The van der Waals surface area contributed by atoms with Gasteiger partial charge < -0.3 is 5.32 Å². The first-order chi connectivity index (χ1) is 3.91. The van der Waals surface area contributed by atoms with Crippen molar-refractivity contribution in [2.75, 3.05) is 19.6 Å². The summed E-state index contributed by atoms with van der Waals surface area (Å²) in [6.45, 7) is 4.17. The maximum absolute atomic E-state index is 9.48. The van der Waals surface area contributed by atoms with Crippen LogP contribution in [0.5, 0.6) is 0 Å². The van der Waals surface area contributed by atoms with E-state index in [1.54, 1.807) is 0 Å². The highest BCUT2D eigenvalue weighted by atomic mass is 16.3. The van der Waals surface area contributed by atoms with Crippen molar-refractivity contribution in [3.8, 4) is 0 Å². The maximum Gasteiger partial charge on any atom is 0.0935 e. The first-order valence-corrected chi connectivity index (χ1v) is 2.91. The molecule has 3 heteroatoms. The first-order valence-electron chi connectivity index (χ1n) is 2.91. The fourth-order valence-electron chi connectivity index (χ4n) is 0.426. The summed E-state index contributed by atoms with van der Waals surface area (Å²) < 4.78 is 0. The number of nitrogens with one attached hydrogen (secondary N) is 1. The molecule has 0 rings (SSSR count). The zero-order valence-electron chi connectivity index (χ0n) is 5.18. The average molecular weight is 116 g/mol. The van der Waals surface area contributed by atoms with Gasteiger partial charge in [-0.3, -0.25) is 0 Å². The van der Waals surface area contributed by atoms with Gasteiger partial charge in [-0.15, -0.1) is 0 Å². The van der Waals surface area contributed by atoms with Crippen molar-refractivity contribution < 1.29 is 0 Å². The summed E-state index contributed by atoms with van der Waals surface area (Å²) in [5, 5.41) is 5.74. The third kappa shape index (κ3) is 5.56. The van der Waals surface area contributed by atoms with Crippen LogP contribution >= 0.6 is 0 Å². The Morgan fingerprint density at radius 3 is 2.75 bits per heavy atom. The summed E-state index contributed by atoms with van der Waals surface area (Å²) in [5.74, 6) is 0. The second kappa shape index (κ2) is 6.56. The number of hydrogen-bond acceptors (Lipinski definition) is 3. The Labute approximate surface area is 49.4 Å². The lowest BCUT2D eigenvalue weighted by Gasteiger charge is -1.94. The molecule has 0 radical (unpaired) electrons. The number of nitroso groups, excluding NO2 is 1. The molecule has 3 nitrogen and oxygen atoms in total. The first kappa shape index (κ1) is 7.56. The summed E-state index contributed by atoms with van der Waals surface area (Å²) >= 11 is 0. The van der Waals surface area contributed by atoms with E-state index in [9.17, 15) is 4.91 Å². The number of hydrogen-bond donors (Lipinski definition) is 1. The molecule has 0 unspecified atom stereocenters. The van der Waals surface area contributed by atoms with E-state index in [0.717, 1.165) is 19.5 Å². The third-order valence-electron chi connectivity index (χ3n) is 0.807. The molecule has 0 amide bonds. The van der Waals surface area contributed by atoms with Gasteiger partial charge in [0.05, 0.1) is 6.54 Å². The van der Waals surface area contributed by atoms with Gasteiger partial charge in [0.2, 0.25) is 0 Å². The van der Waals surface area contributed by atoms with Crippen LogP contribution in [-0.2, 0) is 0 Å². The highest BCUT2D eigenvalue weighted by Gasteiger charge is 1.81. The van der Waals surface area contributed by atoms with Crippen LogP contribution in [-0.4, -0.2) is 19.6 Å². The van der Waals surface area contributed by atoms with Crippen LogP contribution < -0.4 is 5.32 Å². The number of rotatable bonds is 5. The Morgan fingerprint density at radius 2 is 2.25 bits per heavy atom. The van der Waals surface area contributed by atoms with Gasteiger partial charge in [0.25, 0.3) is 0 Å². The molecule has 0 aliphatic carbocycles. The molecule has 0 fully saturated rings. The lowest BCUT2D eigenvalue weighted by Crippen LogP contribution is -2.17. The summed E-state index contributed by atoms with van der Waals surface area (Å²) in [5.41, 5.74) is 0. The van der Waals surface area contributed by atoms with Gasteiger partial charge in [0.1, 0.15) is 0 Å². The fourth-order valence-corrected chi connectivity index (χ4v) is 0.426. The molecule has 0 aromatic heterocycles. The van der Waals surface area contributed by atoms with Gasteiger partial charge in [-0.2, -0.15) is 4.91 Å². The predicted octanol–water partition coefficient (Wildman–Crippen LogP) is 0.752. The van der Waals surface area contributed by atoms with Crippen LogP contribution in [0.15, 0.2) is 5.18 Å². The molecule has 0 aliphatic heterocycles. The molecular weight excluding hydrogens is 104 g/mol. The third-order valence-corrected chi connectivity index (χ3v) is 0.807. The molecule has 0 aromatic rings. The van der Waals surface area contributed by atoms with Crippen molar-refractivity contribution in [2.45, 2.75) is 13.3 Å². The minimum Gasteiger partial charge on any atom is -0.315 e. The average Bonchev–Trinajstić information content (AvgIpc) is 1.81. The Balaban J connectivity index is 2.62. The normalized spacial score (nSPS) is 9.12. The van der Waals surface area contributed by atoms with Crippen LogP contribution in [0.3, 0.4) is 0 Å². The molecule has 0 bridgehead atoms. The molecule has 0 spiro atoms. The van der Waals surface area contributed by atoms with Crippen LogP contribution in [0.25, 0.3) is 0 Å². The molecule has 0 saturated carbocycles. The van der Waals surface area contributed by atoms with Crippen molar-refractivity contribution in [1.82, 2.24) is 5.32 Å². The quantitative estimate of drug-likeness (QED) is 0.425. The second-order valence-electron chi connectivity index (χ2n) is 1.60. The van der Waals surface area contributed by atoms with Crippen molar-refractivity contribution in [1.29, 1.82) is 0 Å². The molecule has 0 aromatic carbocycles. The van der Waals surface area contributed by atoms with Crippen LogP contribution in [0.4, 0.5) is 0 Å². The van der Waals surface area contributed by atoms with E-state index in [-0.39, 0.29) is 0 Å². The smallest absolute Gasteiger partial charge is 0.0935 e. The summed E-state index contributed by atoms with van der Waals surface area (Å²) in [7, 11) is 0. The topological polar surface area (TPSA) is 41.5 Å². The Hall–Kier alpha value is -0.440. The van der Waals surface area contributed by atoms with Crippen molar-refractivity contribution in [3.63, 3.8) is 0 Å². The number of nitrogens with zero attached hydrogens (tertiary/aromatic N) is 1. The Kier molecular flexibility index (Phi) is 6.20. The van der Waals surface area contributed by atoms with E-state index in [1.165, 1.54) is 0 Å². The molecular formula is C5H12N2O. The van der Waals surface area contributed by atoms with E-state index in [1.807, 2.05) is 0 Å². The lowest BCUT2D eigenvalue weighted by atomic mass is 10.5. The molecule has 8 heavy (non-hydrogen) atoms. The van der Waals surface area contributed by atoms with Crippen LogP contribution in [0.2, 0.25) is 0 Å². The molecule has 0 atom stereocenters. The zero-order chi connectivity index (χ0) is 6.24. The summed E-state index contributed by atoms with van der Waals surface area (Å²) in [4.78, 5) is 9.48. The minimum absolute atomic E-state index is 0.389. The van der Waals surface area contributed by atoms with Crippen LogP contribution in [0.1, 0.15) is 13.3 Å². The molecule has 0 saturated heterocycles. The Morgan fingerprint density at radius 1 is 1.50 bits per heavy atom. The van der Waals surface area contributed by atoms with Gasteiger partial charge in [-0.05, 0) is 13.0 Å². The predicted molar refractivity (Wildman–Crippen MR) is 33.8 cm³/mol.